The minimum atomic E-state index is -0.616. The predicted octanol–water partition coefficient (Wildman–Crippen LogP) is 3.11. The lowest BCUT2D eigenvalue weighted by Gasteiger charge is -2.14. The van der Waals surface area contributed by atoms with Gasteiger partial charge in [0.05, 0.1) is 11.8 Å². The molecule has 23 heavy (non-hydrogen) atoms. The monoisotopic (exact) mass is 313 g/mol. The Kier molecular flexibility index (Phi) is 4.98. The molecule has 1 saturated heterocycles. The van der Waals surface area contributed by atoms with Gasteiger partial charge in [-0.1, -0.05) is 12.1 Å². The van der Waals surface area contributed by atoms with E-state index < -0.39 is 11.7 Å². The fraction of sp³-hybridized carbons (Fsp3) is 0.333. The smallest absolute Gasteiger partial charge is 0.258 e. The van der Waals surface area contributed by atoms with Gasteiger partial charge < -0.3 is 10.2 Å². The molecule has 0 atom stereocenters. The molecule has 0 aliphatic carbocycles. The molecule has 1 fully saturated rings. The molecular weight excluding hydrogens is 293 g/mol. The predicted molar refractivity (Wildman–Crippen MR) is 88.0 cm³/mol. The van der Waals surface area contributed by atoms with Gasteiger partial charge in [-0.15, -0.1) is 0 Å². The number of likely N-dealkylation sites (tertiary alicyclic amines) is 1. The summed E-state index contributed by atoms with van der Waals surface area (Å²) in [5, 5.41) is 2.75. The summed E-state index contributed by atoms with van der Waals surface area (Å²) in [6.45, 7) is 3.39. The number of halogens is 1. The largest absolute Gasteiger partial charge is 0.322 e. The van der Waals surface area contributed by atoms with E-state index in [1.807, 2.05) is 18.2 Å². The first-order valence-electron chi connectivity index (χ1n) is 7.94. The van der Waals surface area contributed by atoms with Crippen molar-refractivity contribution in [1.29, 1.82) is 0 Å². The molecule has 1 aromatic carbocycles. The maximum atomic E-state index is 13.6. The summed E-state index contributed by atoms with van der Waals surface area (Å²) >= 11 is 0. The van der Waals surface area contributed by atoms with Gasteiger partial charge in [0.1, 0.15) is 0 Å². The zero-order valence-electron chi connectivity index (χ0n) is 13.0. The molecule has 2 aromatic rings. The number of amides is 1. The molecule has 0 radical (unpaired) electrons. The maximum absolute atomic E-state index is 13.6. The van der Waals surface area contributed by atoms with Crippen molar-refractivity contribution < 1.29 is 9.18 Å². The van der Waals surface area contributed by atoms with Gasteiger partial charge in [-0.3, -0.25) is 9.78 Å². The molecule has 0 spiro atoms. The Morgan fingerprint density at radius 1 is 1.26 bits per heavy atom. The Balaban J connectivity index is 1.63. The number of hydrogen-bond donors (Lipinski definition) is 1. The highest BCUT2D eigenvalue weighted by Crippen LogP contribution is 2.15. The normalized spacial score (nSPS) is 14.8. The molecule has 1 aliphatic rings. The molecule has 1 aromatic heterocycles. The summed E-state index contributed by atoms with van der Waals surface area (Å²) in [5.74, 6) is -1.07. The number of nitrogens with one attached hydrogen (secondary N) is 1. The van der Waals surface area contributed by atoms with Crippen LogP contribution in [0.3, 0.4) is 0 Å². The van der Waals surface area contributed by atoms with Gasteiger partial charge in [-0.05, 0) is 56.1 Å². The van der Waals surface area contributed by atoms with E-state index >= 15 is 0 Å². The van der Waals surface area contributed by atoms with Crippen LogP contribution in [0.1, 0.15) is 28.8 Å². The molecular formula is C18H20FN3O. The van der Waals surface area contributed by atoms with Crippen molar-refractivity contribution >= 4 is 11.6 Å². The standard InChI is InChI=1S/C18H20FN3O/c19-17-13-20-8-6-16(17)18(23)21-15-5-3-4-14(12-15)7-11-22-9-1-2-10-22/h3-6,8,12-13H,1-2,7,9-11H2,(H,21,23). The summed E-state index contributed by atoms with van der Waals surface area (Å²) < 4.78 is 13.6. The number of pyridine rings is 1. The number of carbonyl (C=O) groups is 1. The molecule has 1 N–H and O–H groups in total. The lowest BCUT2D eigenvalue weighted by molar-refractivity contribution is 0.102. The average Bonchev–Trinajstić information content (AvgIpc) is 3.07. The first-order valence-corrected chi connectivity index (χ1v) is 7.94. The van der Waals surface area contributed by atoms with E-state index in [1.54, 1.807) is 0 Å². The number of nitrogens with zero attached hydrogens (tertiary/aromatic N) is 2. The van der Waals surface area contributed by atoms with E-state index in [0.29, 0.717) is 5.69 Å². The SMILES string of the molecule is O=C(Nc1cccc(CCN2CCCC2)c1)c1ccncc1F. The zero-order chi connectivity index (χ0) is 16.1. The number of aromatic nitrogens is 1. The summed E-state index contributed by atoms with van der Waals surface area (Å²) in [4.78, 5) is 18.2. The molecule has 4 nitrogen and oxygen atoms in total. The Morgan fingerprint density at radius 3 is 2.87 bits per heavy atom. The van der Waals surface area contributed by atoms with Gasteiger partial charge in [-0.2, -0.15) is 0 Å². The van der Waals surface area contributed by atoms with Crippen LogP contribution >= 0.6 is 0 Å². The lowest BCUT2D eigenvalue weighted by Crippen LogP contribution is -2.22. The summed E-state index contributed by atoms with van der Waals surface area (Å²) in [6, 6.07) is 9.11. The Labute approximate surface area is 135 Å². The van der Waals surface area contributed by atoms with E-state index in [1.165, 1.54) is 43.8 Å². The van der Waals surface area contributed by atoms with Crippen molar-refractivity contribution in [3.8, 4) is 0 Å². The van der Waals surface area contributed by atoms with Crippen molar-refractivity contribution in [3.05, 3.63) is 59.7 Å². The fourth-order valence-electron chi connectivity index (χ4n) is 2.86. The first-order chi connectivity index (χ1) is 11.2. The molecule has 120 valence electrons. The summed E-state index contributed by atoms with van der Waals surface area (Å²) in [5.41, 5.74) is 1.86. The van der Waals surface area contributed by atoms with Crippen molar-refractivity contribution in [2.45, 2.75) is 19.3 Å². The molecule has 1 amide bonds. The highest BCUT2D eigenvalue weighted by molar-refractivity contribution is 6.04. The van der Waals surface area contributed by atoms with Gasteiger partial charge in [-0.25, -0.2) is 4.39 Å². The number of benzene rings is 1. The molecule has 0 bridgehead atoms. The van der Waals surface area contributed by atoms with E-state index in [4.69, 9.17) is 0 Å². The molecule has 0 unspecified atom stereocenters. The molecule has 5 heteroatoms. The molecule has 0 saturated carbocycles. The van der Waals surface area contributed by atoms with Crippen LogP contribution in [0.25, 0.3) is 0 Å². The van der Waals surface area contributed by atoms with E-state index in [9.17, 15) is 9.18 Å². The number of anilines is 1. The summed E-state index contributed by atoms with van der Waals surface area (Å²) in [6.07, 6.45) is 5.97. The second kappa shape index (κ2) is 7.33. The van der Waals surface area contributed by atoms with Crippen molar-refractivity contribution in [3.63, 3.8) is 0 Å². The summed E-state index contributed by atoms with van der Waals surface area (Å²) in [7, 11) is 0. The van der Waals surface area contributed by atoms with E-state index in [2.05, 4.69) is 21.3 Å². The fourth-order valence-corrected chi connectivity index (χ4v) is 2.86. The Bertz CT molecular complexity index is 683. The average molecular weight is 313 g/mol. The Morgan fingerprint density at radius 2 is 2.09 bits per heavy atom. The van der Waals surface area contributed by atoms with E-state index in [0.717, 1.165) is 19.2 Å². The third-order valence-corrected chi connectivity index (χ3v) is 4.12. The second-order valence-corrected chi connectivity index (χ2v) is 5.81. The molecule has 2 heterocycles. The second-order valence-electron chi connectivity index (χ2n) is 5.81. The maximum Gasteiger partial charge on any atom is 0.258 e. The van der Waals surface area contributed by atoms with Crippen LogP contribution in [0.5, 0.6) is 0 Å². The van der Waals surface area contributed by atoms with Gasteiger partial charge in [0.15, 0.2) is 5.82 Å². The lowest BCUT2D eigenvalue weighted by atomic mass is 10.1. The van der Waals surface area contributed by atoms with Crippen molar-refractivity contribution in [2.24, 2.45) is 0 Å². The minimum absolute atomic E-state index is 0.00229. The van der Waals surface area contributed by atoms with Gasteiger partial charge >= 0.3 is 0 Å². The van der Waals surface area contributed by atoms with Crippen molar-refractivity contribution in [1.82, 2.24) is 9.88 Å². The van der Waals surface area contributed by atoms with Gasteiger partial charge in [0, 0.05) is 18.4 Å². The molecule has 3 rings (SSSR count). The highest BCUT2D eigenvalue weighted by Gasteiger charge is 2.13. The van der Waals surface area contributed by atoms with Crippen LogP contribution in [-0.4, -0.2) is 35.4 Å². The van der Waals surface area contributed by atoms with Crippen LogP contribution in [0.4, 0.5) is 10.1 Å². The van der Waals surface area contributed by atoms with Crippen LogP contribution in [0, 0.1) is 5.82 Å². The van der Waals surface area contributed by atoms with Crippen LogP contribution in [-0.2, 0) is 6.42 Å². The third-order valence-electron chi connectivity index (χ3n) is 4.12. The highest BCUT2D eigenvalue weighted by atomic mass is 19.1. The number of hydrogen-bond acceptors (Lipinski definition) is 3. The molecule has 1 aliphatic heterocycles. The van der Waals surface area contributed by atoms with Gasteiger partial charge in [0.2, 0.25) is 0 Å². The van der Waals surface area contributed by atoms with E-state index in [-0.39, 0.29) is 5.56 Å². The first kappa shape index (κ1) is 15.6. The Hall–Kier alpha value is -2.27. The van der Waals surface area contributed by atoms with Crippen LogP contribution < -0.4 is 5.32 Å². The quantitative estimate of drug-likeness (QED) is 0.922. The number of rotatable bonds is 5. The topological polar surface area (TPSA) is 45.2 Å². The van der Waals surface area contributed by atoms with Gasteiger partial charge in [0.25, 0.3) is 5.91 Å². The van der Waals surface area contributed by atoms with Crippen LogP contribution in [0.15, 0.2) is 42.7 Å². The number of carbonyl (C=O) groups excluding carboxylic acids is 1. The minimum Gasteiger partial charge on any atom is -0.322 e. The van der Waals surface area contributed by atoms with Crippen LogP contribution in [0.2, 0.25) is 0 Å². The van der Waals surface area contributed by atoms with Crippen molar-refractivity contribution in [2.75, 3.05) is 25.0 Å². The third kappa shape index (κ3) is 4.13. The zero-order valence-corrected chi connectivity index (χ0v) is 13.0.